The Hall–Kier alpha value is -10.2. The monoisotopic (exact) mass is 1030 g/mol. The first-order valence-corrected chi connectivity index (χ1v) is 31.4. The SMILES string of the molecule is COC(=O)CCCC1(c2ccccc2)C23c4c5c6c7c8c9c(c%10c%11c2c2c4c4c%12c5c5c6c6c8c8c%13c9c9c%10c%10c%14c%11c%11c2c2c4c4c%12c%12c5c5c6c8c6c8c%13c%13c9c%10c9c%10c%14c%11c%11c2c2c4c4c%12c5c6c5c4c4c2c%11c%10c2c9c%13c8c5c24)C713. The van der Waals surface area contributed by atoms with E-state index in [0.29, 0.717) is 6.42 Å². The lowest BCUT2D eigenvalue weighted by molar-refractivity contribution is -0.140. The van der Waals surface area contributed by atoms with E-state index in [-0.39, 0.29) is 5.97 Å². The van der Waals surface area contributed by atoms with Gasteiger partial charge in [0, 0.05) is 22.7 Å². The van der Waals surface area contributed by atoms with Crippen LogP contribution in [0, 0.1) is 0 Å². The maximum absolute atomic E-state index is 13.9. The molecule has 5 aliphatic carbocycles. The van der Waals surface area contributed by atoms with E-state index in [1.165, 1.54) is 5.56 Å². The average Bonchev–Trinajstić information content (AvgIpc) is 1.36. The van der Waals surface area contributed by atoms with Gasteiger partial charge >= 0.3 is 5.97 Å². The molecule has 0 bridgehead atoms. The van der Waals surface area contributed by atoms with Crippen molar-refractivity contribution in [3.8, 4) is 0 Å². The summed E-state index contributed by atoms with van der Waals surface area (Å²) in [5.74, 6) is -0.0798. The molecule has 0 heterocycles. The molecule has 0 aromatic heterocycles. The maximum Gasteiger partial charge on any atom is 0.305 e. The second-order valence-electron chi connectivity index (χ2n) is 30.7. The second kappa shape index (κ2) is 7.31. The Labute approximate surface area is 458 Å². The van der Waals surface area contributed by atoms with E-state index in [4.69, 9.17) is 4.74 Å². The maximum atomic E-state index is 13.9. The van der Waals surface area contributed by atoms with Crippen LogP contribution in [0.5, 0.6) is 0 Å². The van der Waals surface area contributed by atoms with E-state index in [1.54, 1.807) is 374 Å². The molecule has 0 N–H and O–H groups in total. The van der Waals surface area contributed by atoms with Crippen LogP contribution in [0.4, 0.5) is 0 Å². The van der Waals surface area contributed by atoms with E-state index in [1.807, 2.05) is 0 Å². The molecule has 1 saturated carbocycles. The van der Waals surface area contributed by atoms with Gasteiger partial charge < -0.3 is 4.74 Å². The van der Waals surface area contributed by atoms with Crippen LogP contribution in [0.2, 0.25) is 0 Å². The van der Waals surface area contributed by atoms with Crippen molar-refractivity contribution in [2.75, 3.05) is 7.11 Å². The van der Waals surface area contributed by atoms with Crippen molar-refractivity contribution in [2.24, 2.45) is 0 Å². The van der Waals surface area contributed by atoms with E-state index >= 15 is 0 Å². The highest BCUT2D eigenvalue weighted by Crippen LogP contribution is 2.97. The van der Waals surface area contributed by atoms with E-state index < -0.39 is 16.2 Å². The van der Waals surface area contributed by atoms with Crippen LogP contribution in [0.1, 0.15) is 47.1 Å². The Kier molecular flexibility index (Phi) is 2.78. The molecule has 0 amide bonds. The smallest absolute Gasteiger partial charge is 0.305 e. The van der Waals surface area contributed by atoms with Crippen LogP contribution >= 0.6 is 0 Å². The molecule has 0 aliphatic heterocycles. The normalized spacial score (nSPS) is 22.9. The van der Waals surface area contributed by atoms with Crippen LogP contribution < -0.4 is 0 Å². The molecule has 84 heavy (non-hydrogen) atoms. The van der Waals surface area contributed by atoms with Gasteiger partial charge in [0.2, 0.25) is 0 Å². The molecule has 0 saturated heterocycles. The number of carbonyl (C=O) groups excluding carboxylic acids is 1. The zero-order valence-corrected chi connectivity index (χ0v) is 43.3. The Morgan fingerprint density at radius 3 is 0.595 bits per heavy atom. The Morgan fingerprint density at radius 2 is 0.429 bits per heavy atom. The van der Waals surface area contributed by atoms with E-state index in [0.717, 1.165) is 12.8 Å². The fourth-order valence-corrected chi connectivity index (χ4v) is 30.8. The van der Waals surface area contributed by atoms with Crippen LogP contribution in [0.15, 0.2) is 30.3 Å². The summed E-state index contributed by atoms with van der Waals surface area (Å²) in [6, 6.07) is 12.2. The lowest BCUT2D eigenvalue weighted by Gasteiger charge is -2.34. The predicted octanol–water partition coefficient (Wildman–Crippen LogP) is 21.5. The molecule has 2 unspecified atom stereocenters. The van der Waals surface area contributed by atoms with E-state index in [9.17, 15) is 4.79 Å². The lowest BCUT2D eigenvalue weighted by atomic mass is 9.66. The van der Waals surface area contributed by atoms with Gasteiger partial charge in [-0.1, -0.05) is 30.3 Å². The van der Waals surface area contributed by atoms with Crippen molar-refractivity contribution >= 4 is 351 Å². The van der Waals surface area contributed by atoms with Gasteiger partial charge in [-0.3, -0.25) is 4.79 Å². The van der Waals surface area contributed by atoms with Crippen molar-refractivity contribution in [3.05, 3.63) is 58.1 Å². The first kappa shape index (κ1) is 31.9. The van der Waals surface area contributed by atoms with Gasteiger partial charge in [-0.2, -0.15) is 0 Å². The molecule has 2 atom stereocenters. The van der Waals surface area contributed by atoms with Gasteiger partial charge in [-0.05, 0) is 385 Å². The molecule has 39 rings (SSSR count). The van der Waals surface area contributed by atoms with Crippen molar-refractivity contribution in [3.63, 3.8) is 0 Å². The Balaban J connectivity index is 1.07. The van der Waals surface area contributed by atoms with Gasteiger partial charge in [0.15, 0.2) is 0 Å². The molecule has 34 aromatic carbocycles. The predicted molar refractivity (Wildman–Crippen MR) is 351 cm³/mol. The fraction of sp³-hybridized carbons (Fsp3) is 0.0854. The third-order valence-electron chi connectivity index (χ3n) is 30.7. The Bertz CT molecular complexity index is 8760. The van der Waals surface area contributed by atoms with Crippen LogP contribution in [-0.4, -0.2) is 13.1 Å². The summed E-state index contributed by atoms with van der Waals surface area (Å²) >= 11 is 0. The van der Waals surface area contributed by atoms with Crippen LogP contribution in [0.3, 0.4) is 0 Å². The van der Waals surface area contributed by atoms with Crippen LogP contribution in [-0.2, 0) is 25.8 Å². The number of hydrogen-bond acceptors (Lipinski definition) is 2. The third-order valence-corrected chi connectivity index (χ3v) is 30.7. The highest BCUT2D eigenvalue weighted by atomic mass is 16.5. The number of benzene rings is 24. The van der Waals surface area contributed by atoms with Gasteiger partial charge in [-0.15, -0.1) is 0 Å². The summed E-state index contributed by atoms with van der Waals surface area (Å²) in [4.78, 5) is 13.9. The third kappa shape index (κ3) is 1.69. The first-order chi connectivity index (χ1) is 41.8. The minimum absolute atomic E-state index is 0.0798. The van der Waals surface area contributed by atoms with Gasteiger partial charge in [0.05, 0.1) is 7.11 Å². The van der Waals surface area contributed by atoms with Crippen molar-refractivity contribution in [2.45, 2.75) is 35.5 Å². The molecule has 354 valence electrons. The van der Waals surface area contributed by atoms with Crippen molar-refractivity contribution < 1.29 is 9.53 Å². The van der Waals surface area contributed by atoms with Gasteiger partial charge in [0.25, 0.3) is 0 Å². The molecule has 0 radical (unpaired) electrons. The minimum atomic E-state index is -0.406. The van der Waals surface area contributed by atoms with Crippen molar-refractivity contribution in [1.82, 2.24) is 0 Å². The molecule has 2 spiro atoms. The first-order valence-electron chi connectivity index (χ1n) is 31.4. The van der Waals surface area contributed by atoms with Crippen molar-refractivity contribution in [1.29, 1.82) is 0 Å². The number of ether oxygens (including phenoxy) is 1. The zero-order valence-electron chi connectivity index (χ0n) is 43.3. The number of carbonyl (C=O) groups is 1. The van der Waals surface area contributed by atoms with Gasteiger partial charge in [0.1, 0.15) is 0 Å². The molecule has 5 aliphatic rings. The molecular formula is C82H14O2. The van der Waals surface area contributed by atoms with Crippen LogP contribution in [0.25, 0.3) is 345 Å². The summed E-state index contributed by atoms with van der Waals surface area (Å²) in [5, 5.41) is 105. The Morgan fingerprint density at radius 1 is 0.262 bits per heavy atom. The quantitative estimate of drug-likeness (QED) is 0.0975. The summed E-state index contributed by atoms with van der Waals surface area (Å²) in [6.45, 7) is 0. The average molecular weight is 1030 g/mol. The molecule has 2 heteroatoms. The standard InChI is InChI=1S/C82H14O2/c1-84-11(83)8-5-9-80(10-6-3-2-4-7-10)81-76-68-60-49-38-28-18-13-12-14-16-15(13)22-26-27-23(16)31-29-19(14)25-21-17(12)20-24(18)34(38)45-40-32(20)33(21)41-46-35(25)39(29)50-52-43(31)48-37(27)44-36(26)47-42(30(22)28)51(49)64-57(47)66-59(44)67-58(48)65(52)73-69-61(50)56(46)63-54(41)53(40)62(55(45)60)70(76)71(63)77(69)82(80,81)79(73)75(67)74(66)78(81)72(64)68/h2-4,6-7H,5,8-9H2,1H3. The lowest BCUT2D eigenvalue weighted by Crippen LogP contribution is -2.27. The fourth-order valence-electron chi connectivity index (χ4n) is 30.8. The second-order valence-corrected chi connectivity index (χ2v) is 30.7. The summed E-state index contributed by atoms with van der Waals surface area (Å²) < 4.78 is 5.66. The van der Waals surface area contributed by atoms with E-state index in [2.05, 4.69) is 30.3 Å². The molecular weight excluding hydrogens is 1020 g/mol. The summed E-state index contributed by atoms with van der Waals surface area (Å²) in [6.07, 6.45) is 2.13. The number of rotatable bonds is 5. The largest absolute Gasteiger partial charge is 0.469 e. The summed E-state index contributed by atoms with van der Waals surface area (Å²) in [7, 11) is 1.61. The number of esters is 1. The molecule has 1 fully saturated rings. The molecule has 34 aromatic rings. The van der Waals surface area contributed by atoms with Gasteiger partial charge in [-0.25, -0.2) is 0 Å². The number of methoxy groups -OCH3 is 1. The minimum Gasteiger partial charge on any atom is -0.469 e. The number of hydrogen-bond donors (Lipinski definition) is 0. The topological polar surface area (TPSA) is 26.3 Å². The molecule has 2 nitrogen and oxygen atoms in total. The summed E-state index contributed by atoms with van der Waals surface area (Å²) in [5.41, 5.74) is 7.15. The highest BCUT2D eigenvalue weighted by Gasteiger charge is 2.94. The highest BCUT2D eigenvalue weighted by molar-refractivity contribution is 6.84. The zero-order chi connectivity index (χ0) is 50.3.